The van der Waals surface area contributed by atoms with Crippen molar-refractivity contribution in [3.63, 3.8) is 0 Å². The van der Waals surface area contributed by atoms with E-state index in [0.717, 1.165) is 17.0 Å². The Morgan fingerprint density at radius 2 is 1.67 bits per heavy atom. The summed E-state index contributed by atoms with van der Waals surface area (Å²) in [6.07, 6.45) is 0.762. The minimum absolute atomic E-state index is 0.0885. The molecule has 1 heterocycles. The molecule has 2 amide bonds. The van der Waals surface area contributed by atoms with Crippen molar-refractivity contribution in [3.8, 4) is 5.75 Å². The van der Waals surface area contributed by atoms with Crippen molar-refractivity contribution in [2.24, 2.45) is 4.99 Å². The van der Waals surface area contributed by atoms with Gasteiger partial charge in [-0.3, -0.25) is 14.5 Å². The molecular weight excluding hydrogens is 434 g/mol. The Labute approximate surface area is 197 Å². The number of para-hydroxylation sites is 2. The summed E-state index contributed by atoms with van der Waals surface area (Å²) in [5.41, 5.74) is 2.59. The molecule has 1 atom stereocenters. The quantitative estimate of drug-likeness (QED) is 0.520. The zero-order valence-electron chi connectivity index (χ0n) is 18.3. The maximum atomic E-state index is 13.2. The van der Waals surface area contributed by atoms with Crippen LogP contribution in [0.25, 0.3) is 0 Å². The molecule has 33 heavy (non-hydrogen) atoms. The lowest BCUT2D eigenvalue weighted by atomic mass is 10.1. The minimum Gasteiger partial charge on any atom is -0.497 e. The summed E-state index contributed by atoms with van der Waals surface area (Å²) in [5, 5.41) is 2.98. The number of aliphatic imine (C=N–C) groups is 1. The number of ether oxygens (including phenoxy) is 1. The predicted molar refractivity (Wildman–Crippen MR) is 133 cm³/mol. The third kappa shape index (κ3) is 6.02. The molecule has 1 aliphatic heterocycles. The van der Waals surface area contributed by atoms with Gasteiger partial charge in [0.25, 0.3) is 0 Å². The normalized spacial score (nSPS) is 16.8. The van der Waals surface area contributed by atoms with E-state index in [-0.39, 0.29) is 18.2 Å². The average Bonchev–Trinajstić information content (AvgIpc) is 3.12. The number of hydrogen-bond donors (Lipinski definition) is 1. The van der Waals surface area contributed by atoms with Gasteiger partial charge in [0.15, 0.2) is 5.17 Å². The molecule has 0 radical (unpaired) electrons. The highest BCUT2D eigenvalue weighted by molar-refractivity contribution is 8.15. The first-order chi connectivity index (χ1) is 16.1. The molecule has 0 saturated carbocycles. The zero-order chi connectivity index (χ0) is 23.0. The number of nitrogens with one attached hydrogen (secondary N) is 1. The summed E-state index contributed by atoms with van der Waals surface area (Å²) < 4.78 is 5.22. The van der Waals surface area contributed by atoms with Gasteiger partial charge < -0.3 is 10.1 Å². The van der Waals surface area contributed by atoms with E-state index in [1.807, 2.05) is 84.9 Å². The summed E-state index contributed by atoms with van der Waals surface area (Å²) in [4.78, 5) is 32.2. The fraction of sp³-hybridized carbons (Fsp3) is 0.192. The Bertz CT molecular complexity index is 1120. The second kappa shape index (κ2) is 10.8. The number of rotatable bonds is 8. The lowest BCUT2D eigenvalue weighted by molar-refractivity contribution is -0.128. The number of benzene rings is 3. The van der Waals surface area contributed by atoms with E-state index >= 15 is 0 Å². The van der Waals surface area contributed by atoms with Gasteiger partial charge in [0.2, 0.25) is 11.8 Å². The van der Waals surface area contributed by atoms with E-state index in [0.29, 0.717) is 23.8 Å². The van der Waals surface area contributed by atoms with Crippen LogP contribution in [-0.4, -0.2) is 40.8 Å². The SMILES string of the molecule is COc1ccc(CCN2C(=O)C(CC(=O)Nc3ccccc3)SC2=Nc2ccccc2)cc1. The molecule has 6 nitrogen and oxygen atoms in total. The summed E-state index contributed by atoms with van der Waals surface area (Å²) in [5.74, 6) is 0.511. The summed E-state index contributed by atoms with van der Waals surface area (Å²) in [6, 6.07) is 26.6. The van der Waals surface area contributed by atoms with Crippen LogP contribution in [0.1, 0.15) is 12.0 Å². The van der Waals surface area contributed by atoms with Crippen molar-refractivity contribution in [1.29, 1.82) is 0 Å². The van der Waals surface area contributed by atoms with Gasteiger partial charge in [0, 0.05) is 18.7 Å². The number of methoxy groups -OCH3 is 1. The molecule has 1 fully saturated rings. The number of nitrogens with zero attached hydrogens (tertiary/aromatic N) is 2. The van der Waals surface area contributed by atoms with Crippen molar-refractivity contribution < 1.29 is 14.3 Å². The molecule has 7 heteroatoms. The standard InChI is InChI=1S/C26H25N3O3S/c1-32-22-14-12-19(13-15-22)16-17-29-25(31)23(18-24(30)27-20-8-4-2-5-9-20)33-26(29)28-21-10-6-3-7-11-21/h2-15,23H,16-18H2,1H3,(H,27,30). The third-order valence-electron chi connectivity index (χ3n) is 5.21. The highest BCUT2D eigenvalue weighted by Crippen LogP contribution is 2.32. The van der Waals surface area contributed by atoms with Crippen molar-refractivity contribution in [2.45, 2.75) is 18.1 Å². The Balaban J connectivity index is 1.48. The molecule has 0 aromatic heterocycles. The largest absolute Gasteiger partial charge is 0.497 e. The first kappa shape index (κ1) is 22.6. The maximum Gasteiger partial charge on any atom is 0.242 e. The Kier molecular flexibility index (Phi) is 7.42. The fourth-order valence-electron chi connectivity index (χ4n) is 3.48. The van der Waals surface area contributed by atoms with Gasteiger partial charge >= 0.3 is 0 Å². The number of carbonyl (C=O) groups excluding carboxylic acids is 2. The second-order valence-corrected chi connectivity index (χ2v) is 8.71. The van der Waals surface area contributed by atoms with E-state index in [2.05, 4.69) is 5.32 Å². The monoisotopic (exact) mass is 459 g/mol. The van der Waals surface area contributed by atoms with Crippen LogP contribution in [0, 0.1) is 0 Å². The Morgan fingerprint density at radius 1 is 1.00 bits per heavy atom. The average molecular weight is 460 g/mol. The number of amidine groups is 1. The van der Waals surface area contributed by atoms with Gasteiger partial charge in [-0.25, -0.2) is 4.99 Å². The molecule has 1 unspecified atom stereocenters. The number of thioether (sulfide) groups is 1. The summed E-state index contributed by atoms with van der Waals surface area (Å²) in [6.45, 7) is 0.487. The number of hydrogen-bond acceptors (Lipinski definition) is 5. The third-order valence-corrected chi connectivity index (χ3v) is 6.39. The van der Waals surface area contributed by atoms with Crippen LogP contribution in [0.3, 0.4) is 0 Å². The molecule has 0 aliphatic carbocycles. The van der Waals surface area contributed by atoms with Crippen LogP contribution in [0.4, 0.5) is 11.4 Å². The first-order valence-electron chi connectivity index (χ1n) is 10.7. The number of carbonyl (C=O) groups is 2. The predicted octanol–water partition coefficient (Wildman–Crippen LogP) is 4.90. The van der Waals surface area contributed by atoms with Crippen molar-refractivity contribution in [1.82, 2.24) is 4.90 Å². The van der Waals surface area contributed by atoms with Crippen molar-refractivity contribution in [3.05, 3.63) is 90.5 Å². The Hall–Kier alpha value is -3.58. The highest BCUT2D eigenvalue weighted by atomic mass is 32.2. The summed E-state index contributed by atoms with van der Waals surface area (Å²) >= 11 is 1.35. The Morgan fingerprint density at radius 3 is 2.33 bits per heavy atom. The van der Waals surface area contributed by atoms with E-state index in [4.69, 9.17) is 9.73 Å². The van der Waals surface area contributed by atoms with Crippen molar-refractivity contribution in [2.75, 3.05) is 19.0 Å². The first-order valence-corrected chi connectivity index (χ1v) is 11.6. The molecule has 3 aromatic carbocycles. The molecule has 3 aromatic rings. The lowest BCUT2D eigenvalue weighted by Gasteiger charge is -2.16. The van der Waals surface area contributed by atoms with Gasteiger partial charge in [-0.1, -0.05) is 60.3 Å². The maximum absolute atomic E-state index is 13.2. The molecule has 1 N–H and O–H groups in total. The number of anilines is 1. The molecule has 1 saturated heterocycles. The highest BCUT2D eigenvalue weighted by Gasteiger charge is 2.39. The van der Waals surface area contributed by atoms with Gasteiger partial charge in [0.1, 0.15) is 11.0 Å². The van der Waals surface area contributed by atoms with E-state index in [1.165, 1.54) is 11.8 Å². The lowest BCUT2D eigenvalue weighted by Crippen LogP contribution is -2.35. The van der Waals surface area contributed by atoms with Crippen LogP contribution in [0.2, 0.25) is 0 Å². The zero-order valence-corrected chi connectivity index (χ0v) is 19.1. The molecule has 1 aliphatic rings. The van der Waals surface area contributed by atoms with Crippen LogP contribution >= 0.6 is 11.8 Å². The molecule has 0 bridgehead atoms. The van der Waals surface area contributed by atoms with Gasteiger partial charge in [-0.05, 0) is 48.4 Å². The van der Waals surface area contributed by atoms with Gasteiger partial charge in [0.05, 0.1) is 12.8 Å². The van der Waals surface area contributed by atoms with Gasteiger partial charge in [-0.15, -0.1) is 0 Å². The number of amides is 2. The molecule has 0 spiro atoms. The summed E-state index contributed by atoms with van der Waals surface area (Å²) in [7, 11) is 1.63. The van der Waals surface area contributed by atoms with Crippen LogP contribution in [-0.2, 0) is 16.0 Å². The fourth-order valence-corrected chi connectivity index (χ4v) is 4.66. The van der Waals surface area contributed by atoms with E-state index in [9.17, 15) is 9.59 Å². The topological polar surface area (TPSA) is 71.0 Å². The molecule has 4 rings (SSSR count). The smallest absolute Gasteiger partial charge is 0.242 e. The second-order valence-electron chi connectivity index (χ2n) is 7.54. The van der Waals surface area contributed by atoms with Crippen LogP contribution in [0.15, 0.2) is 89.9 Å². The molecular formula is C26H25N3O3S. The van der Waals surface area contributed by atoms with E-state index in [1.54, 1.807) is 12.0 Å². The van der Waals surface area contributed by atoms with E-state index < -0.39 is 5.25 Å². The minimum atomic E-state index is -0.507. The molecule has 168 valence electrons. The van der Waals surface area contributed by atoms with Crippen LogP contribution < -0.4 is 10.1 Å². The van der Waals surface area contributed by atoms with Gasteiger partial charge in [-0.2, -0.15) is 0 Å². The van der Waals surface area contributed by atoms with Crippen molar-refractivity contribution >= 4 is 40.1 Å². The van der Waals surface area contributed by atoms with Crippen LogP contribution in [0.5, 0.6) is 5.75 Å².